The predicted octanol–water partition coefficient (Wildman–Crippen LogP) is 7.18. The fraction of sp³-hybridized carbons (Fsp3) is 0.409. The quantitative estimate of drug-likeness (QED) is 0.274. The summed E-state index contributed by atoms with van der Waals surface area (Å²) >= 11 is 4.86. The third-order valence-corrected chi connectivity index (χ3v) is 5.87. The van der Waals surface area contributed by atoms with E-state index in [0.717, 1.165) is 33.7 Å². The fourth-order valence-corrected chi connectivity index (χ4v) is 4.08. The lowest BCUT2D eigenvalue weighted by atomic mass is 10.1. The number of carboxylic acid groups (broad SMARTS) is 1. The molecule has 0 aromatic heterocycles. The number of hydrogen-bond acceptors (Lipinski definition) is 3. The molecule has 146 valence electrons. The average molecular weight is 451 g/mol. The maximum absolute atomic E-state index is 11.4. The van der Waals surface area contributed by atoms with Crippen molar-refractivity contribution in [2.24, 2.45) is 0 Å². The topological polar surface area (TPSA) is 46.5 Å². The summed E-state index contributed by atoms with van der Waals surface area (Å²) in [6, 6.07) is 13.4. The first-order valence-corrected chi connectivity index (χ1v) is 11.3. The normalized spacial score (nSPS) is 10.7. The minimum absolute atomic E-state index is 0.324. The van der Waals surface area contributed by atoms with Crippen molar-refractivity contribution in [3.63, 3.8) is 0 Å². The summed E-state index contributed by atoms with van der Waals surface area (Å²) in [6.45, 7) is 2.98. The molecule has 0 heterocycles. The van der Waals surface area contributed by atoms with Crippen LogP contribution < -0.4 is 4.74 Å². The number of benzene rings is 2. The number of carboxylic acids is 1. The fourth-order valence-electron chi connectivity index (χ4n) is 2.75. The third-order valence-electron chi connectivity index (χ3n) is 4.23. The molecule has 27 heavy (non-hydrogen) atoms. The van der Waals surface area contributed by atoms with Crippen LogP contribution in [0.1, 0.15) is 61.4 Å². The molecule has 2 aromatic rings. The Kier molecular flexibility index (Phi) is 9.78. The lowest BCUT2D eigenvalue weighted by Crippen LogP contribution is -1.99. The molecule has 0 saturated carbocycles. The molecule has 0 aliphatic heterocycles. The van der Waals surface area contributed by atoms with Crippen LogP contribution in [0.4, 0.5) is 0 Å². The van der Waals surface area contributed by atoms with E-state index in [9.17, 15) is 9.90 Å². The zero-order valence-electron chi connectivity index (χ0n) is 15.7. The first-order chi connectivity index (χ1) is 13.1. The Morgan fingerprint density at radius 2 is 1.85 bits per heavy atom. The van der Waals surface area contributed by atoms with Gasteiger partial charge in [0.15, 0.2) is 0 Å². The van der Waals surface area contributed by atoms with Gasteiger partial charge in [0, 0.05) is 15.1 Å². The van der Waals surface area contributed by atoms with E-state index >= 15 is 0 Å². The Morgan fingerprint density at radius 3 is 2.63 bits per heavy atom. The second-order valence-electron chi connectivity index (χ2n) is 6.50. The van der Waals surface area contributed by atoms with Crippen molar-refractivity contribution < 1.29 is 14.6 Å². The summed E-state index contributed by atoms with van der Waals surface area (Å²) in [5.41, 5.74) is 1.45. The molecule has 0 radical (unpaired) electrons. The van der Waals surface area contributed by atoms with Crippen molar-refractivity contribution in [2.45, 2.75) is 56.1 Å². The lowest BCUT2D eigenvalue weighted by Gasteiger charge is -2.09. The van der Waals surface area contributed by atoms with Crippen LogP contribution in [0.25, 0.3) is 0 Å². The summed E-state index contributed by atoms with van der Waals surface area (Å²) in [5, 5.41) is 9.37. The van der Waals surface area contributed by atoms with Gasteiger partial charge in [-0.2, -0.15) is 0 Å². The molecular weight excluding hydrogens is 424 g/mol. The molecule has 0 unspecified atom stereocenters. The highest BCUT2D eigenvalue weighted by Gasteiger charge is 2.11. The van der Waals surface area contributed by atoms with Gasteiger partial charge in [-0.05, 0) is 42.3 Å². The van der Waals surface area contributed by atoms with Crippen LogP contribution in [0.2, 0.25) is 0 Å². The number of hydrogen-bond donors (Lipinski definition) is 1. The highest BCUT2D eigenvalue weighted by molar-refractivity contribution is 9.10. The highest BCUT2D eigenvalue weighted by atomic mass is 79.9. The number of aromatic carboxylic acids is 1. The van der Waals surface area contributed by atoms with Gasteiger partial charge in [0.2, 0.25) is 0 Å². The Morgan fingerprint density at radius 1 is 1.07 bits per heavy atom. The van der Waals surface area contributed by atoms with Crippen LogP contribution in [-0.2, 0) is 5.75 Å². The molecule has 0 spiro atoms. The van der Waals surface area contributed by atoms with Gasteiger partial charge in [-0.15, -0.1) is 11.8 Å². The minimum Gasteiger partial charge on any atom is -0.494 e. The molecule has 2 aromatic carbocycles. The lowest BCUT2D eigenvalue weighted by molar-refractivity contribution is 0.0693. The van der Waals surface area contributed by atoms with Crippen molar-refractivity contribution in [1.29, 1.82) is 0 Å². The molecular formula is C22H27BrO3S. The minimum atomic E-state index is -0.908. The first kappa shape index (κ1) is 21.8. The molecule has 0 amide bonds. The second-order valence-corrected chi connectivity index (χ2v) is 8.43. The smallest absolute Gasteiger partial charge is 0.336 e. The monoisotopic (exact) mass is 450 g/mol. The summed E-state index contributed by atoms with van der Waals surface area (Å²) in [4.78, 5) is 12.2. The zero-order chi connectivity index (χ0) is 19.5. The molecule has 0 aliphatic rings. The standard InChI is InChI=1S/C22H27BrO3S/c1-2-3-4-5-6-7-13-26-19-10-8-9-17(14-19)16-27-21-12-11-18(23)15-20(21)22(24)25/h8-12,14-15H,2-7,13,16H2,1H3,(H,24,25). The number of thioether (sulfide) groups is 1. The van der Waals surface area contributed by atoms with Gasteiger partial charge in [-0.1, -0.05) is 67.1 Å². The molecule has 0 saturated heterocycles. The van der Waals surface area contributed by atoms with Crippen molar-refractivity contribution in [2.75, 3.05) is 6.61 Å². The van der Waals surface area contributed by atoms with Crippen LogP contribution in [0.15, 0.2) is 51.8 Å². The summed E-state index contributed by atoms with van der Waals surface area (Å²) < 4.78 is 6.65. The van der Waals surface area contributed by atoms with E-state index in [1.165, 1.54) is 43.9 Å². The van der Waals surface area contributed by atoms with E-state index in [1.54, 1.807) is 6.07 Å². The predicted molar refractivity (Wildman–Crippen MR) is 116 cm³/mol. The molecule has 1 N–H and O–H groups in total. The van der Waals surface area contributed by atoms with Gasteiger partial charge in [0.25, 0.3) is 0 Å². The molecule has 5 heteroatoms. The van der Waals surface area contributed by atoms with E-state index in [-0.39, 0.29) is 0 Å². The van der Waals surface area contributed by atoms with Crippen LogP contribution in [0.5, 0.6) is 5.75 Å². The van der Waals surface area contributed by atoms with E-state index in [2.05, 4.69) is 22.9 Å². The molecule has 0 bridgehead atoms. The average Bonchev–Trinajstić information content (AvgIpc) is 2.66. The summed E-state index contributed by atoms with van der Waals surface area (Å²) in [6.07, 6.45) is 7.50. The second kappa shape index (κ2) is 12.1. The number of carbonyl (C=O) groups is 1. The van der Waals surface area contributed by atoms with Crippen molar-refractivity contribution in [3.05, 3.63) is 58.1 Å². The molecule has 0 fully saturated rings. The zero-order valence-corrected chi connectivity index (χ0v) is 18.2. The number of halogens is 1. The van der Waals surface area contributed by atoms with Crippen LogP contribution in [0.3, 0.4) is 0 Å². The maximum Gasteiger partial charge on any atom is 0.336 e. The van der Waals surface area contributed by atoms with E-state index in [1.807, 2.05) is 36.4 Å². The van der Waals surface area contributed by atoms with Gasteiger partial charge >= 0.3 is 5.97 Å². The third kappa shape index (κ3) is 7.97. The summed E-state index contributed by atoms with van der Waals surface area (Å²) in [5.74, 6) is 0.682. The van der Waals surface area contributed by atoms with Crippen molar-refractivity contribution in [1.82, 2.24) is 0 Å². The van der Waals surface area contributed by atoms with E-state index in [4.69, 9.17) is 4.74 Å². The first-order valence-electron chi connectivity index (χ1n) is 9.47. The maximum atomic E-state index is 11.4. The van der Waals surface area contributed by atoms with Gasteiger partial charge in [-0.3, -0.25) is 0 Å². The van der Waals surface area contributed by atoms with E-state index in [0.29, 0.717) is 11.3 Å². The van der Waals surface area contributed by atoms with Crippen LogP contribution in [-0.4, -0.2) is 17.7 Å². The van der Waals surface area contributed by atoms with Gasteiger partial charge in [0.1, 0.15) is 5.75 Å². The Bertz CT molecular complexity index is 733. The molecule has 0 atom stereocenters. The van der Waals surface area contributed by atoms with Crippen molar-refractivity contribution >= 4 is 33.7 Å². The SMILES string of the molecule is CCCCCCCCOc1cccc(CSc2ccc(Br)cc2C(=O)O)c1. The van der Waals surface area contributed by atoms with Gasteiger partial charge in [-0.25, -0.2) is 4.79 Å². The Hall–Kier alpha value is -1.46. The van der Waals surface area contributed by atoms with Crippen LogP contribution in [0, 0.1) is 0 Å². The number of unbranched alkanes of at least 4 members (excludes halogenated alkanes) is 5. The Labute approximate surface area is 174 Å². The number of rotatable bonds is 12. The summed E-state index contributed by atoms with van der Waals surface area (Å²) in [7, 11) is 0. The number of ether oxygens (including phenoxy) is 1. The molecule has 0 aliphatic carbocycles. The largest absolute Gasteiger partial charge is 0.494 e. The van der Waals surface area contributed by atoms with Gasteiger partial charge < -0.3 is 9.84 Å². The van der Waals surface area contributed by atoms with Crippen LogP contribution >= 0.6 is 27.7 Å². The van der Waals surface area contributed by atoms with E-state index < -0.39 is 5.97 Å². The molecule has 2 rings (SSSR count). The Balaban J connectivity index is 1.83. The highest BCUT2D eigenvalue weighted by Crippen LogP contribution is 2.29. The van der Waals surface area contributed by atoms with Gasteiger partial charge in [0.05, 0.1) is 12.2 Å². The molecule has 3 nitrogen and oxygen atoms in total. The van der Waals surface area contributed by atoms with Crippen molar-refractivity contribution in [3.8, 4) is 5.75 Å².